The molecular formula is C21H22FN3O4. The van der Waals surface area contributed by atoms with Crippen molar-refractivity contribution in [1.82, 2.24) is 4.98 Å². The first-order valence-electron chi connectivity index (χ1n) is 9.16. The van der Waals surface area contributed by atoms with Gasteiger partial charge in [-0.05, 0) is 48.7 Å². The van der Waals surface area contributed by atoms with Gasteiger partial charge in [0, 0.05) is 10.9 Å². The largest absolute Gasteiger partial charge is 0.493 e. The molecule has 0 aliphatic carbocycles. The number of azo groups is 1. The highest BCUT2D eigenvalue weighted by atomic mass is 19.1. The molecule has 0 spiro atoms. The fraction of sp³-hybridized carbons (Fsp3) is 0.286. The summed E-state index contributed by atoms with van der Waals surface area (Å²) in [5.41, 5.74) is 0.718. The quantitative estimate of drug-likeness (QED) is 0.522. The molecule has 0 atom stereocenters. The van der Waals surface area contributed by atoms with Crippen molar-refractivity contribution in [2.75, 3.05) is 13.7 Å². The number of nitrogens with zero attached hydrogens (tertiary/aromatic N) is 2. The number of fused-ring (bicyclic) bond motifs is 1. The van der Waals surface area contributed by atoms with Gasteiger partial charge >= 0.3 is 0 Å². The van der Waals surface area contributed by atoms with Gasteiger partial charge in [0.15, 0.2) is 17.2 Å². The minimum absolute atomic E-state index is 0.00606. The first kappa shape index (κ1) is 20.3. The Morgan fingerprint density at radius 1 is 1.21 bits per heavy atom. The van der Waals surface area contributed by atoms with Gasteiger partial charge in [0.2, 0.25) is 5.88 Å². The minimum Gasteiger partial charge on any atom is -0.493 e. The number of aromatic hydroxyl groups is 1. The van der Waals surface area contributed by atoms with Crippen LogP contribution in [0.25, 0.3) is 10.9 Å². The summed E-state index contributed by atoms with van der Waals surface area (Å²) < 4.78 is 24.5. The lowest BCUT2D eigenvalue weighted by Crippen LogP contribution is -2.03. The molecule has 0 aliphatic heterocycles. The molecule has 152 valence electrons. The highest BCUT2D eigenvalue weighted by Crippen LogP contribution is 2.36. The SMILES string of the molecule is COc1cc(C(=O)N=Nc2c(O)[nH]c3ccc(F)cc23)ccc1OCCC(C)C. The molecule has 3 aromatic rings. The van der Waals surface area contributed by atoms with Crippen molar-refractivity contribution in [2.45, 2.75) is 20.3 Å². The van der Waals surface area contributed by atoms with Crippen molar-refractivity contribution in [3.63, 3.8) is 0 Å². The molecule has 1 amide bonds. The summed E-state index contributed by atoms with van der Waals surface area (Å²) in [4.78, 5) is 15.1. The molecule has 8 heteroatoms. The third-order valence-electron chi connectivity index (χ3n) is 4.32. The van der Waals surface area contributed by atoms with E-state index in [4.69, 9.17) is 9.47 Å². The molecule has 0 fully saturated rings. The Morgan fingerprint density at radius 3 is 2.72 bits per heavy atom. The lowest BCUT2D eigenvalue weighted by molar-refractivity contribution is 0.0994. The first-order chi connectivity index (χ1) is 13.9. The standard InChI is InChI=1S/C21H22FN3O4/c1-12(2)8-9-29-17-7-4-13(10-18(17)28-3)20(26)25-24-19-15-11-14(22)5-6-16(15)23-21(19)27/h4-7,10-12,23,27H,8-9H2,1-3H3. The Kier molecular flexibility index (Phi) is 6.11. The summed E-state index contributed by atoms with van der Waals surface area (Å²) in [5.74, 6) is 0.0303. The van der Waals surface area contributed by atoms with Gasteiger partial charge in [-0.15, -0.1) is 10.2 Å². The molecular weight excluding hydrogens is 377 g/mol. The normalized spacial score (nSPS) is 11.5. The Balaban J connectivity index is 1.80. The number of benzene rings is 2. The second kappa shape index (κ2) is 8.72. The number of rotatable bonds is 7. The van der Waals surface area contributed by atoms with Gasteiger partial charge in [0.05, 0.1) is 19.2 Å². The van der Waals surface area contributed by atoms with E-state index in [1.165, 1.54) is 31.4 Å². The number of aromatic amines is 1. The monoisotopic (exact) mass is 399 g/mol. The van der Waals surface area contributed by atoms with E-state index in [1.807, 2.05) is 0 Å². The van der Waals surface area contributed by atoms with Crippen molar-refractivity contribution in [3.05, 3.63) is 47.8 Å². The van der Waals surface area contributed by atoms with Crippen LogP contribution in [0.5, 0.6) is 17.4 Å². The van der Waals surface area contributed by atoms with Crippen LogP contribution in [0.4, 0.5) is 10.1 Å². The average Bonchev–Trinajstić information content (AvgIpc) is 3.00. The number of aromatic nitrogens is 1. The van der Waals surface area contributed by atoms with Gasteiger partial charge in [-0.1, -0.05) is 13.8 Å². The van der Waals surface area contributed by atoms with Crippen LogP contribution in [-0.2, 0) is 0 Å². The zero-order chi connectivity index (χ0) is 21.0. The number of H-pyrrole nitrogens is 1. The first-order valence-corrected chi connectivity index (χ1v) is 9.16. The molecule has 29 heavy (non-hydrogen) atoms. The molecule has 1 heterocycles. The maximum absolute atomic E-state index is 13.5. The lowest BCUT2D eigenvalue weighted by atomic mass is 10.1. The Bertz CT molecular complexity index is 1060. The Morgan fingerprint density at radius 2 is 2.00 bits per heavy atom. The topological polar surface area (TPSA) is 96.3 Å². The van der Waals surface area contributed by atoms with Crippen LogP contribution in [0, 0.1) is 11.7 Å². The van der Waals surface area contributed by atoms with E-state index < -0.39 is 11.7 Å². The van der Waals surface area contributed by atoms with Crippen molar-refractivity contribution >= 4 is 22.5 Å². The molecule has 0 saturated heterocycles. The fourth-order valence-corrected chi connectivity index (χ4v) is 2.71. The summed E-state index contributed by atoms with van der Waals surface area (Å²) in [6.45, 7) is 4.75. The highest BCUT2D eigenvalue weighted by molar-refractivity contribution is 5.97. The molecule has 2 N–H and O–H groups in total. The number of carbonyl (C=O) groups excluding carboxylic acids is 1. The summed E-state index contributed by atoms with van der Waals surface area (Å²) in [5, 5.41) is 17.8. The van der Waals surface area contributed by atoms with Gasteiger partial charge in [0.25, 0.3) is 5.91 Å². The van der Waals surface area contributed by atoms with E-state index >= 15 is 0 Å². The Hall–Kier alpha value is -3.42. The van der Waals surface area contributed by atoms with Crippen LogP contribution in [0.15, 0.2) is 46.6 Å². The maximum Gasteiger partial charge on any atom is 0.295 e. The number of hydrogen-bond donors (Lipinski definition) is 2. The fourth-order valence-electron chi connectivity index (χ4n) is 2.71. The van der Waals surface area contributed by atoms with E-state index in [1.54, 1.807) is 12.1 Å². The van der Waals surface area contributed by atoms with Crippen LogP contribution >= 0.6 is 0 Å². The smallest absolute Gasteiger partial charge is 0.295 e. The summed E-state index contributed by atoms with van der Waals surface area (Å²) in [7, 11) is 1.49. The third-order valence-corrected chi connectivity index (χ3v) is 4.32. The van der Waals surface area contributed by atoms with Gasteiger partial charge in [-0.3, -0.25) is 4.79 Å². The molecule has 0 aliphatic rings. The predicted octanol–water partition coefficient (Wildman–Crippen LogP) is 5.37. The predicted molar refractivity (Wildman–Crippen MR) is 107 cm³/mol. The van der Waals surface area contributed by atoms with Crippen molar-refractivity contribution in [2.24, 2.45) is 16.1 Å². The number of hydrogen-bond acceptors (Lipinski definition) is 5. The summed E-state index contributed by atoms with van der Waals surface area (Å²) in [6, 6.07) is 8.64. The van der Waals surface area contributed by atoms with Crippen LogP contribution in [0.2, 0.25) is 0 Å². The highest BCUT2D eigenvalue weighted by Gasteiger charge is 2.14. The van der Waals surface area contributed by atoms with E-state index in [0.29, 0.717) is 34.9 Å². The molecule has 2 aromatic carbocycles. The molecule has 3 rings (SSSR count). The molecule has 0 radical (unpaired) electrons. The zero-order valence-electron chi connectivity index (χ0n) is 16.4. The average molecular weight is 399 g/mol. The molecule has 0 bridgehead atoms. The Labute approximate surface area is 167 Å². The minimum atomic E-state index is -0.637. The number of ether oxygens (including phenoxy) is 2. The number of methoxy groups -OCH3 is 1. The van der Waals surface area contributed by atoms with E-state index in [0.717, 1.165) is 6.42 Å². The van der Waals surface area contributed by atoms with Crippen molar-refractivity contribution in [3.8, 4) is 17.4 Å². The van der Waals surface area contributed by atoms with Crippen LogP contribution in [0.3, 0.4) is 0 Å². The van der Waals surface area contributed by atoms with Crippen molar-refractivity contribution in [1.29, 1.82) is 0 Å². The van der Waals surface area contributed by atoms with Gasteiger partial charge in [0.1, 0.15) is 5.82 Å². The molecule has 7 nitrogen and oxygen atoms in total. The van der Waals surface area contributed by atoms with Gasteiger partial charge in [-0.2, -0.15) is 0 Å². The van der Waals surface area contributed by atoms with Crippen LogP contribution < -0.4 is 9.47 Å². The lowest BCUT2D eigenvalue weighted by Gasteiger charge is -2.12. The van der Waals surface area contributed by atoms with E-state index in [-0.39, 0.29) is 17.1 Å². The van der Waals surface area contributed by atoms with Crippen molar-refractivity contribution < 1.29 is 23.8 Å². The summed E-state index contributed by atoms with van der Waals surface area (Å²) in [6.07, 6.45) is 0.896. The second-order valence-electron chi connectivity index (χ2n) is 6.91. The molecule has 1 aromatic heterocycles. The summed E-state index contributed by atoms with van der Waals surface area (Å²) >= 11 is 0. The molecule has 0 saturated carbocycles. The van der Waals surface area contributed by atoms with Crippen LogP contribution in [-0.4, -0.2) is 29.7 Å². The zero-order valence-corrected chi connectivity index (χ0v) is 16.4. The van der Waals surface area contributed by atoms with E-state index in [9.17, 15) is 14.3 Å². The van der Waals surface area contributed by atoms with E-state index in [2.05, 4.69) is 29.1 Å². The number of halogens is 1. The number of carbonyl (C=O) groups is 1. The van der Waals surface area contributed by atoms with Gasteiger partial charge in [-0.25, -0.2) is 4.39 Å². The second-order valence-corrected chi connectivity index (χ2v) is 6.91. The number of nitrogens with one attached hydrogen (secondary N) is 1. The van der Waals surface area contributed by atoms with Crippen LogP contribution in [0.1, 0.15) is 30.6 Å². The van der Waals surface area contributed by atoms with Gasteiger partial charge < -0.3 is 19.6 Å². The maximum atomic E-state index is 13.5. The third kappa shape index (κ3) is 4.71. The molecule has 0 unspecified atom stereocenters. The number of amides is 1.